The fourth-order valence-corrected chi connectivity index (χ4v) is 1.57. The Bertz CT molecular complexity index is 246. The molecule has 4 N–H and O–H groups in total. The second-order valence-corrected chi connectivity index (χ2v) is 4.03. The molecule has 0 aromatic heterocycles. The summed E-state index contributed by atoms with van der Waals surface area (Å²) >= 11 is 0. The molecule has 0 saturated heterocycles. The summed E-state index contributed by atoms with van der Waals surface area (Å²) in [6.45, 7) is 3.77. The van der Waals surface area contributed by atoms with E-state index in [-0.39, 0.29) is 17.8 Å². The Morgan fingerprint density at radius 3 is 2.64 bits per heavy atom. The summed E-state index contributed by atoms with van der Waals surface area (Å²) in [5, 5.41) is 14.0. The Balaban J connectivity index is 2.35. The average Bonchev–Trinajstić information content (AvgIpc) is 2.12. The highest BCUT2D eigenvalue weighted by Gasteiger charge is 2.28. The van der Waals surface area contributed by atoms with Crippen molar-refractivity contribution in [3.8, 4) is 0 Å². The predicted octanol–water partition coefficient (Wildman–Crippen LogP) is 0.284. The lowest BCUT2D eigenvalue weighted by atomic mass is 9.81. The summed E-state index contributed by atoms with van der Waals surface area (Å²) in [4.78, 5) is 11.5. The van der Waals surface area contributed by atoms with Crippen molar-refractivity contribution in [3.63, 3.8) is 0 Å². The molecule has 1 fully saturated rings. The molecular formula is C9H17N3O2. The van der Waals surface area contributed by atoms with Gasteiger partial charge in [0.25, 0.3) is 0 Å². The lowest BCUT2D eigenvalue weighted by Crippen LogP contribution is -2.47. The molecule has 14 heavy (non-hydrogen) atoms. The molecule has 1 aliphatic rings. The van der Waals surface area contributed by atoms with E-state index in [0.717, 1.165) is 12.8 Å². The number of amides is 1. The zero-order valence-electron chi connectivity index (χ0n) is 8.53. The predicted molar refractivity (Wildman–Crippen MR) is 52.9 cm³/mol. The third-order valence-corrected chi connectivity index (χ3v) is 2.67. The van der Waals surface area contributed by atoms with Crippen molar-refractivity contribution in [3.05, 3.63) is 0 Å². The van der Waals surface area contributed by atoms with Crippen LogP contribution in [0.2, 0.25) is 0 Å². The van der Waals surface area contributed by atoms with Crippen molar-refractivity contribution in [2.24, 2.45) is 22.7 Å². The summed E-state index contributed by atoms with van der Waals surface area (Å²) in [5.41, 5.74) is 5.32. The maximum absolute atomic E-state index is 11.5. The first kappa shape index (κ1) is 10.8. The number of nitrogens with one attached hydrogen (secondary N) is 1. The highest BCUT2D eigenvalue weighted by atomic mass is 16.4. The minimum Gasteiger partial charge on any atom is -0.409 e. The first-order valence-corrected chi connectivity index (χ1v) is 4.82. The van der Waals surface area contributed by atoms with Gasteiger partial charge in [-0.2, -0.15) is 0 Å². The average molecular weight is 199 g/mol. The van der Waals surface area contributed by atoms with Crippen LogP contribution in [0.5, 0.6) is 0 Å². The van der Waals surface area contributed by atoms with Gasteiger partial charge in [-0.05, 0) is 25.7 Å². The van der Waals surface area contributed by atoms with Gasteiger partial charge in [0.2, 0.25) is 5.91 Å². The van der Waals surface area contributed by atoms with Crippen molar-refractivity contribution in [1.29, 1.82) is 0 Å². The molecule has 0 heterocycles. The minimum absolute atomic E-state index is 0.0464. The normalized spacial score (nSPS) is 29.1. The molecule has 0 aromatic rings. The topological polar surface area (TPSA) is 87.7 Å². The molecule has 5 heteroatoms. The number of carbonyl (C=O) groups is 1. The molecule has 0 aliphatic heterocycles. The van der Waals surface area contributed by atoms with Crippen LogP contribution in [0, 0.1) is 11.8 Å². The van der Waals surface area contributed by atoms with Gasteiger partial charge in [-0.1, -0.05) is 12.1 Å². The van der Waals surface area contributed by atoms with Gasteiger partial charge in [0.1, 0.15) is 0 Å². The molecular weight excluding hydrogens is 182 g/mol. The SMILES string of the molecule is CC1CC(NC(=O)C(C)/C(N)=N/O)C1. The van der Waals surface area contributed by atoms with E-state index < -0.39 is 5.92 Å². The number of nitrogens with two attached hydrogens (primary N) is 1. The maximum Gasteiger partial charge on any atom is 0.230 e. The number of oxime groups is 1. The zero-order valence-corrected chi connectivity index (χ0v) is 8.53. The van der Waals surface area contributed by atoms with Crippen LogP contribution in [0.3, 0.4) is 0 Å². The van der Waals surface area contributed by atoms with E-state index in [1.807, 2.05) is 0 Å². The molecule has 1 unspecified atom stereocenters. The summed E-state index contributed by atoms with van der Waals surface area (Å²) < 4.78 is 0. The first-order chi connectivity index (χ1) is 6.54. The van der Waals surface area contributed by atoms with Crippen LogP contribution in [0.25, 0.3) is 0 Å². The van der Waals surface area contributed by atoms with Gasteiger partial charge >= 0.3 is 0 Å². The van der Waals surface area contributed by atoms with E-state index in [4.69, 9.17) is 10.9 Å². The Labute approximate surface area is 83.3 Å². The minimum atomic E-state index is -0.559. The van der Waals surface area contributed by atoms with Gasteiger partial charge in [-0.25, -0.2) is 0 Å². The van der Waals surface area contributed by atoms with Gasteiger partial charge in [0.15, 0.2) is 5.84 Å². The van der Waals surface area contributed by atoms with Crippen molar-refractivity contribution in [1.82, 2.24) is 5.32 Å². The van der Waals surface area contributed by atoms with Crippen molar-refractivity contribution in [2.75, 3.05) is 0 Å². The zero-order chi connectivity index (χ0) is 10.7. The lowest BCUT2D eigenvalue weighted by molar-refractivity contribution is -0.124. The van der Waals surface area contributed by atoms with E-state index in [9.17, 15) is 4.79 Å². The molecule has 0 radical (unpaired) electrons. The standard InChI is InChI=1S/C9H17N3O2/c1-5-3-7(4-5)11-9(13)6(2)8(10)12-14/h5-7,14H,3-4H2,1-2H3,(H2,10,12)(H,11,13). The summed E-state index contributed by atoms with van der Waals surface area (Å²) in [6, 6.07) is 0.270. The third-order valence-electron chi connectivity index (χ3n) is 2.67. The number of hydrogen-bond acceptors (Lipinski definition) is 3. The van der Waals surface area contributed by atoms with Crippen molar-refractivity contribution in [2.45, 2.75) is 32.7 Å². The molecule has 1 atom stereocenters. The molecule has 1 amide bonds. The van der Waals surface area contributed by atoms with Crippen LogP contribution in [-0.2, 0) is 4.79 Å². The lowest BCUT2D eigenvalue weighted by Gasteiger charge is -2.33. The second kappa shape index (κ2) is 4.30. The molecule has 1 rings (SSSR count). The van der Waals surface area contributed by atoms with Crippen LogP contribution in [0.1, 0.15) is 26.7 Å². The van der Waals surface area contributed by atoms with Gasteiger partial charge < -0.3 is 16.3 Å². The maximum atomic E-state index is 11.5. The highest BCUT2D eigenvalue weighted by molar-refractivity contribution is 6.01. The Kier molecular flexibility index (Phi) is 3.33. The molecule has 1 aliphatic carbocycles. The Morgan fingerprint density at radius 1 is 1.64 bits per heavy atom. The van der Waals surface area contributed by atoms with Crippen LogP contribution in [-0.4, -0.2) is 23.0 Å². The summed E-state index contributed by atoms with van der Waals surface area (Å²) in [7, 11) is 0. The fourth-order valence-electron chi connectivity index (χ4n) is 1.57. The smallest absolute Gasteiger partial charge is 0.230 e. The fraction of sp³-hybridized carbons (Fsp3) is 0.778. The van der Waals surface area contributed by atoms with E-state index in [1.165, 1.54) is 0 Å². The van der Waals surface area contributed by atoms with Gasteiger partial charge in [0.05, 0.1) is 5.92 Å². The van der Waals surface area contributed by atoms with E-state index in [1.54, 1.807) is 6.92 Å². The number of amidine groups is 1. The molecule has 0 spiro atoms. The second-order valence-electron chi connectivity index (χ2n) is 4.03. The van der Waals surface area contributed by atoms with Gasteiger partial charge in [-0.3, -0.25) is 4.79 Å². The molecule has 80 valence electrons. The first-order valence-electron chi connectivity index (χ1n) is 4.82. The molecule has 5 nitrogen and oxygen atoms in total. The number of rotatable bonds is 3. The van der Waals surface area contributed by atoms with Crippen molar-refractivity contribution < 1.29 is 10.0 Å². The number of carbonyl (C=O) groups excluding carboxylic acids is 1. The largest absolute Gasteiger partial charge is 0.409 e. The highest BCUT2D eigenvalue weighted by Crippen LogP contribution is 2.26. The number of hydrogen-bond donors (Lipinski definition) is 3. The Hall–Kier alpha value is -1.26. The molecule has 0 bridgehead atoms. The summed E-state index contributed by atoms with van der Waals surface area (Å²) in [5.74, 6) is -0.0811. The summed E-state index contributed by atoms with van der Waals surface area (Å²) in [6.07, 6.45) is 2.04. The molecule has 0 aromatic carbocycles. The monoisotopic (exact) mass is 199 g/mol. The van der Waals surface area contributed by atoms with E-state index in [2.05, 4.69) is 17.4 Å². The van der Waals surface area contributed by atoms with E-state index >= 15 is 0 Å². The van der Waals surface area contributed by atoms with Gasteiger partial charge in [0, 0.05) is 6.04 Å². The third kappa shape index (κ3) is 2.37. The van der Waals surface area contributed by atoms with Crippen LogP contribution in [0.4, 0.5) is 0 Å². The van der Waals surface area contributed by atoms with Crippen molar-refractivity contribution >= 4 is 11.7 Å². The van der Waals surface area contributed by atoms with E-state index in [0.29, 0.717) is 5.92 Å². The Morgan fingerprint density at radius 2 is 2.21 bits per heavy atom. The van der Waals surface area contributed by atoms with Gasteiger partial charge in [-0.15, -0.1) is 0 Å². The number of nitrogens with zero attached hydrogens (tertiary/aromatic N) is 1. The molecule has 1 saturated carbocycles. The van der Waals surface area contributed by atoms with Crippen LogP contribution < -0.4 is 11.1 Å². The van der Waals surface area contributed by atoms with Crippen LogP contribution >= 0.6 is 0 Å². The van der Waals surface area contributed by atoms with Crippen LogP contribution in [0.15, 0.2) is 5.16 Å². The quantitative estimate of drug-likeness (QED) is 0.264.